The summed E-state index contributed by atoms with van der Waals surface area (Å²) in [6.07, 6.45) is 8.27. The van der Waals surface area contributed by atoms with Gasteiger partial charge in [0, 0.05) is 32.8 Å². The second-order valence-corrected chi connectivity index (χ2v) is 7.73. The zero-order chi connectivity index (χ0) is 19.8. The molecule has 1 aromatic carbocycles. The molecule has 0 aliphatic carbocycles. The van der Waals surface area contributed by atoms with Crippen LogP contribution in [0.4, 0.5) is 0 Å². The third-order valence-corrected chi connectivity index (χ3v) is 5.74. The predicted molar refractivity (Wildman–Crippen MR) is 110 cm³/mol. The number of rotatable bonds is 9. The van der Waals surface area contributed by atoms with E-state index >= 15 is 0 Å². The van der Waals surface area contributed by atoms with Crippen LogP contribution in [-0.2, 0) is 17.6 Å². The van der Waals surface area contributed by atoms with Crippen molar-refractivity contribution in [3.63, 3.8) is 0 Å². The Hall–Kier alpha value is -2.34. The first-order chi connectivity index (χ1) is 13.7. The smallest absolute Gasteiger partial charge is 0.222 e. The maximum absolute atomic E-state index is 12.4. The zero-order valence-electron chi connectivity index (χ0n) is 17.1. The molecule has 2 heterocycles. The molecule has 6 heteroatoms. The van der Waals surface area contributed by atoms with Gasteiger partial charge >= 0.3 is 0 Å². The molecule has 0 bridgehead atoms. The van der Waals surface area contributed by atoms with E-state index in [1.165, 1.54) is 5.56 Å². The standard InChI is InChI=1S/C22H32N4O2/c1-25(22(27)8-7-19-15-23-24-16-19)17-18-9-12-26(13-10-18)14-11-20-5-3-4-6-21(20)28-2/h3-6,15-16,18H,7-14,17H2,1-2H3,(H,23,24). The van der Waals surface area contributed by atoms with Gasteiger partial charge in [-0.15, -0.1) is 0 Å². The Bertz CT molecular complexity index is 724. The number of ether oxygens (including phenoxy) is 1. The molecule has 152 valence electrons. The van der Waals surface area contributed by atoms with E-state index in [4.69, 9.17) is 4.74 Å². The van der Waals surface area contributed by atoms with Gasteiger partial charge in [0.1, 0.15) is 5.75 Å². The lowest BCUT2D eigenvalue weighted by Crippen LogP contribution is -2.40. The molecule has 1 fully saturated rings. The van der Waals surface area contributed by atoms with E-state index in [0.717, 1.165) is 63.2 Å². The number of benzene rings is 1. The number of aryl methyl sites for hydroxylation is 1. The van der Waals surface area contributed by atoms with Crippen LogP contribution in [0, 0.1) is 5.92 Å². The van der Waals surface area contributed by atoms with Gasteiger partial charge in [0.2, 0.25) is 5.91 Å². The van der Waals surface area contributed by atoms with Crippen molar-refractivity contribution in [3.05, 3.63) is 47.8 Å². The van der Waals surface area contributed by atoms with Crippen LogP contribution in [0.2, 0.25) is 0 Å². The molecular weight excluding hydrogens is 352 g/mol. The lowest BCUT2D eigenvalue weighted by Gasteiger charge is -2.34. The number of para-hydroxylation sites is 1. The second kappa shape index (κ2) is 10.3. The van der Waals surface area contributed by atoms with Crippen molar-refractivity contribution in [1.82, 2.24) is 20.0 Å². The number of H-pyrrole nitrogens is 1. The molecule has 0 spiro atoms. The highest BCUT2D eigenvalue weighted by Gasteiger charge is 2.22. The summed E-state index contributed by atoms with van der Waals surface area (Å²) in [7, 11) is 3.67. The summed E-state index contributed by atoms with van der Waals surface area (Å²) in [5, 5.41) is 6.72. The maximum Gasteiger partial charge on any atom is 0.222 e. The molecule has 1 amide bonds. The first kappa shape index (κ1) is 20.4. The van der Waals surface area contributed by atoms with Gasteiger partial charge in [-0.1, -0.05) is 18.2 Å². The molecule has 0 radical (unpaired) electrons. The fourth-order valence-corrected chi connectivity index (χ4v) is 3.93. The van der Waals surface area contributed by atoms with Crippen molar-refractivity contribution < 1.29 is 9.53 Å². The molecular formula is C22H32N4O2. The number of amides is 1. The van der Waals surface area contributed by atoms with E-state index in [9.17, 15) is 4.79 Å². The van der Waals surface area contributed by atoms with E-state index < -0.39 is 0 Å². The lowest BCUT2D eigenvalue weighted by atomic mass is 9.95. The summed E-state index contributed by atoms with van der Waals surface area (Å²) in [6.45, 7) is 4.14. The number of likely N-dealkylation sites (tertiary alicyclic amines) is 1. The Morgan fingerprint density at radius 2 is 2.07 bits per heavy atom. The third-order valence-electron chi connectivity index (χ3n) is 5.74. The number of hydrogen-bond donors (Lipinski definition) is 1. The first-order valence-electron chi connectivity index (χ1n) is 10.2. The third kappa shape index (κ3) is 5.83. The molecule has 6 nitrogen and oxygen atoms in total. The summed E-state index contributed by atoms with van der Waals surface area (Å²) in [5.74, 6) is 1.80. The molecule has 1 aliphatic heterocycles. The van der Waals surface area contributed by atoms with E-state index in [2.05, 4.69) is 27.2 Å². The van der Waals surface area contributed by atoms with Gasteiger partial charge in [-0.2, -0.15) is 5.10 Å². The van der Waals surface area contributed by atoms with Crippen LogP contribution in [0.15, 0.2) is 36.7 Å². The average molecular weight is 385 g/mol. The number of nitrogens with zero attached hydrogens (tertiary/aromatic N) is 3. The van der Waals surface area contributed by atoms with Crippen molar-refractivity contribution in [2.24, 2.45) is 5.92 Å². The van der Waals surface area contributed by atoms with Crippen molar-refractivity contribution in [2.45, 2.75) is 32.1 Å². The van der Waals surface area contributed by atoms with Gasteiger partial charge in [-0.3, -0.25) is 9.89 Å². The fourth-order valence-electron chi connectivity index (χ4n) is 3.93. The van der Waals surface area contributed by atoms with Gasteiger partial charge in [0.05, 0.1) is 13.3 Å². The summed E-state index contributed by atoms with van der Waals surface area (Å²) >= 11 is 0. The fraction of sp³-hybridized carbons (Fsp3) is 0.545. The highest BCUT2D eigenvalue weighted by atomic mass is 16.5. The average Bonchev–Trinajstić information content (AvgIpc) is 3.25. The summed E-state index contributed by atoms with van der Waals surface area (Å²) < 4.78 is 5.45. The van der Waals surface area contributed by atoms with Crippen LogP contribution >= 0.6 is 0 Å². The Kier molecular flexibility index (Phi) is 7.48. The van der Waals surface area contributed by atoms with Crippen LogP contribution in [-0.4, -0.2) is 66.2 Å². The normalized spacial score (nSPS) is 15.5. The number of methoxy groups -OCH3 is 1. The molecule has 0 atom stereocenters. The minimum absolute atomic E-state index is 0.222. The first-order valence-corrected chi connectivity index (χ1v) is 10.2. The summed E-state index contributed by atoms with van der Waals surface area (Å²) in [6, 6.07) is 8.26. The lowest BCUT2D eigenvalue weighted by molar-refractivity contribution is -0.130. The number of carbonyl (C=O) groups is 1. The molecule has 3 rings (SSSR count). The van der Waals surface area contributed by atoms with Gasteiger partial charge in [-0.25, -0.2) is 0 Å². The van der Waals surface area contributed by atoms with E-state index in [0.29, 0.717) is 12.3 Å². The topological polar surface area (TPSA) is 61.5 Å². The Balaban J connectivity index is 1.36. The van der Waals surface area contributed by atoms with E-state index in [1.54, 1.807) is 13.3 Å². The second-order valence-electron chi connectivity index (χ2n) is 7.73. The van der Waals surface area contributed by atoms with Gasteiger partial charge in [-0.05, 0) is 61.9 Å². The predicted octanol–water partition coefficient (Wildman–Crippen LogP) is 2.76. The Morgan fingerprint density at radius 1 is 1.29 bits per heavy atom. The Morgan fingerprint density at radius 3 is 2.79 bits per heavy atom. The van der Waals surface area contributed by atoms with Crippen molar-refractivity contribution in [2.75, 3.05) is 40.3 Å². The van der Waals surface area contributed by atoms with Crippen molar-refractivity contribution >= 4 is 5.91 Å². The van der Waals surface area contributed by atoms with Crippen molar-refractivity contribution in [1.29, 1.82) is 0 Å². The summed E-state index contributed by atoms with van der Waals surface area (Å²) in [5.41, 5.74) is 2.36. The number of aromatic amines is 1. The monoisotopic (exact) mass is 384 g/mol. The molecule has 1 saturated heterocycles. The molecule has 1 aliphatic rings. The summed E-state index contributed by atoms with van der Waals surface area (Å²) in [4.78, 5) is 16.8. The number of carbonyl (C=O) groups excluding carboxylic acids is 1. The number of piperidine rings is 1. The quantitative estimate of drug-likeness (QED) is 0.722. The van der Waals surface area contributed by atoms with Crippen LogP contribution in [0.3, 0.4) is 0 Å². The van der Waals surface area contributed by atoms with Crippen LogP contribution in [0.5, 0.6) is 5.75 Å². The molecule has 1 aromatic heterocycles. The van der Waals surface area contributed by atoms with Gasteiger partial charge < -0.3 is 14.5 Å². The Labute approximate surface area is 167 Å². The molecule has 1 N–H and O–H groups in total. The number of nitrogens with one attached hydrogen (secondary N) is 1. The minimum Gasteiger partial charge on any atom is -0.496 e. The molecule has 0 unspecified atom stereocenters. The SMILES string of the molecule is COc1ccccc1CCN1CCC(CN(C)C(=O)CCc2cn[nH]c2)CC1. The highest BCUT2D eigenvalue weighted by Crippen LogP contribution is 2.21. The van der Waals surface area contributed by atoms with Crippen LogP contribution in [0.25, 0.3) is 0 Å². The van der Waals surface area contributed by atoms with Gasteiger partial charge in [0.15, 0.2) is 0 Å². The highest BCUT2D eigenvalue weighted by molar-refractivity contribution is 5.76. The van der Waals surface area contributed by atoms with Crippen molar-refractivity contribution in [3.8, 4) is 5.75 Å². The molecule has 0 saturated carbocycles. The van der Waals surface area contributed by atoms with E-state index in [-0.39, 0.29) is 5.91 Å². The largest absolute Gasteiger partial charge is 0.496 e. The minimum atomic E-state index is 0.222. The zero-order valence-corrected chi connectivity index (χ0v) is 17.1. The maximum atomic E-state index is 12.4. The molecule has 2 aromatic rings. The molecule has 28 heavy (non-hydrogen) atoms. The van der Waals surface area contributed by atoms with Crippen LogP contribution in [0.1, 0.15) is 30.4 Å². The number of aromatic nitrogens is 2. The van der Waals surface area contributed by atoms with E-state index in [1.807, 2.05) is 30.3 Å². The van der Waals surface area contributed by atoms with Gasteiger partial charge in [0.25, 0.3) is 0 Å². The number of hydrogen-bond acceptors (Lipinski definition) is 4. The van der Waals surface area contributed by atoms with Crippen LogP contribution < -0.4 is 4.74 Å².